The van der Waals surface area contributed by atoms with E-state index in [-0.39, 0.29) is 5.91 Å². The molecular weight excluding hydrogens is 350 g/mol. The summed E-state index contributed by atoms with van der Waals surface area (Å²) in [6.45, 7) is 0.307. The Morgan fingerprint density at radius 2 is 1.70 bits per heavy atom. The normalized spacial score (nSPS) is 10.3. The van der Waals surface area contributed by atoms with Crippen molar-refractivity contribution in [2.75, 3.05) is 21.3 Å². The van der Waals surface area contributed by atoms with E-state index in [1.807, 2.05) is 0 Å². The van der Waals surface area contributed by atoms with E-state index in [9.17, 15) is 4.79 Å². The molecule has 0 aliphatic carbocycles. The average molecular weight is 369 g/mol. The lowest BCUT2D eigenvalue weighted by atomic mass is 10.1. The zero-order valence-electron chi connectivity index (χ0n) is 15.2. The maximum atomic E-state index is 12.4. The molecule has 0 unspecified atom stereocenters. The van der Waals surface area contributed by atoms with Crippen molar-refractivity contribution in [2.45, 2.75) is 6.54 Å². The molecule has 0 bridgehead atoms. The van der Waals surface area contributed by atoms with Crippen LogP contribution >= 0.6 is 0 Å². The maximum Gasteiger partial charge on any atom is 0.251 e. The molecule has 0 aliphatic heterocycles. The van der Waals surface area contributed by atoms with Crippen molar-refractivity contribution in [3.8, 4) is 28.7 Å². The maximum absolute atomic E-state index is 12.4. The molecule has 0 radical (unpaired) electrons. The predicted octanol–water partition coefficient (Wildman–Crippen LogP) is 2.69. The van der Waals surface area contributed by atoms with Crippen LogP contribution in [0.15, 0.2) is 47.2 Å². The zero-order valence-corrected chi connectivity index (χ0v) is 15.2. The summed E-state index contributed by atoms with van der Waals surface area (Å²) in [5.41, 5.74) is 2.08. The fourth-order valence-corrected chi connectivity index (χ4v) is 2.58. The smallest absolute Gasteiger partial charge is 0.251 e. The van der Waals surface area contributed by atoms with E-state index in [0.29, 0.717) is 35.2 Å². The van der Waals surface area contributed by atoms with Crippen molar-refractivity contribution < 1.29 is 23.4 Å². The summed E-state index contributed by atoms with van der Waals surface area (Å²) in [6.07, 6.45) is 1.26. The van der Waals surface area contributed by atoms with Crippen molar-refractivity contribution in [2.24, 2.45) is 0 Å². The van der Waals surface area contributed by atoms with E-state index >= 15 is 0 Å². The van der Waals surface area contributed by atoms with Gasteiger partial charge >= 0.3 is 0 Å². The number of aromatic nitrogens is 2. The highest BCUT2D eigenvalue weighted by atomic mass is 16.5. The minimum absolute atomic E-state index is 0.208. The first kappa shape index (κ1) is 18.2. The fourth-order valence-electron chi connectivity index (χ4n) is 2.58. The zero-order chi connectivity index (χ0) is 19.2. The van der Waals surface area contributed by atoms with Gasteiger partial charge in [-0.1, -0.05) is 0 Å². The number of carbonyl (C=O) groups excluding carboxylic acids is 1. The van der Waals surface area contributed by atoms with E-state index in [0.717, 1.165) is 11.1 Å². The third kappa shape index (κ3) is 4.00. The minimum atomic E-state index is -0.208. The molecule has 1 amide bonds. The van der Waals surface area contributed by atoms with E-state index in [1.165, 1.54) is 6.39 Å². The summed E-state index contributed by atoms with van der Waals surface area (Å²) in [5.74, 6) is 1.77. The van der Waals surface area contributed by atoms with Crippen molar-refractivity contribution in [3.05, 3.63) is 53.9 Å². The van der Waals surface area contributed by atoms with Gasteiger partial charge in [-0.05, 0) is 42.0 Å². The Morgan fingerprint density at radius 1 is 1.04 bits per heavy atom. The molecule has 2 aromatic carbocycles. The van der Waals surface area contributed by atoms with Crippen LogP contribution in [-0.2, 0) is 6.54 Å². The van der Waals surface area contributed by atoms with Gasteiger partial charge < -0.3 is 23.9 Å². The van der Waals surface area contributed by atoms with Gasteiger partial charge in [-0.15, -0.1) is 10.2 Å². The van der Waals surface area contributed by atoms with Gasteiger partial charge in [0.25, 0.3) is 5.91 Å². The van der Waals surface area contributed by atoms with Crippen molar-refractivity contribution in [3.63, 3.8) is 0 Å². The Kier molecular flexibility index (Phi) is 5.55. The third-order valence-electron chi connectivity index (χ3n) is 3.93. The number of benzene rings is 2. The number of methoxy groups -OCH3 is 3. The number of ether oxygens (including phenoxy) is 3. The molecule has 140 valence electrons. The molecular formula is C19H19N3O5. The summed E-state index contributed by atoms with van der Waals surface area (Å²) >= 11 is 0. The highest BCUT2D eigenvalue weighted by molar-refractivity contribution is 5.94. The predicted molar refractivity (Wildman–Crippen MR) is 97.0 cm³/mol. The summed E-state index contributed by atoms with van der Waals surface area (Å²) < 4.78 is 21.1. The number of nitrogens with zero attached hydrogens (tertiary/aromatic N) is 2. The topological polar surface area (TPSA) is 95.7 Å². The Labute approximate surface area is 156 Å². The van der Waals surface area contributed by atoms with Crippen LogP contribution in [0.3, 0.4) is 0 Å². The fraction of sp³-hybridized carbons (Fsp3) is 0.211. The second-order valence-corrected chi connectivity index (χ2v) is 5.54. The molecule has 1 heterocycles. The highest BCUT2D eigenvalue weighted by Crippen LogP contribution is 2.38. The molecule has 0 saturated heterocycles. The van der Waals surface area contributed by atoms with E-state index in [1.54, 1.807) is 57.7 Å². The van der Waals surface area contributed by atoms with E-state index < -0.39 is 0 Å². The molecule has 8 nitrogen and oxygen atoms in total. The van der Waals surface area contributed by atoms with Crippen LogP contribution in [0.25, 0.3) is 11.5 Å². The van der Waals surface area contributed by atoms with Crippen LogP contribution in [0.2, 0.25) is 0 Å². The lowest BCUT2D eigenvalue weighted by Crippen LogP contribution is -2.22. The minimum Gasteiger partial charge on any atom is -0.493 e. The third-order valence-corrected chi connectivity index (χ3v) is 3.93. The molecule has 3 aromatic rings. The molecule has 1 N–H and O–H groups in total. The van der Waals surface area contributed by atoms with Crippen molar-refractivity contribution in [1.29, 1.82) is 0 Å². The molecule has 1 aromatic heterocycles. The van der Waals surface area contributed by atoms with Crippen LogP contribution in [0.5, 0.6) is 17.2 Å². The van der Waals surface area contributed by atoms with Crippen molar-refractivity contribution >= 4 is 5.91 Å². The first-order valence-electron chi connectivity index (χ1n) is 8.10. The number of nitrogens with one attached hydrogen (secondary N) is 1. The first-order valence-corrected chi connectivity index (χ1v) is 8.10. The quantitative estimate of drug-likeness (QED) is 0.684. The van der Waals surface area contributed by atoms with Crippen LogP contribution in [-0.4, -0.2) is 37.4 Å². The van der Waals surface area contributed by atoms with Crippen molar-refractivity contribution in [1.82, 2.24) is 15.5 Å². The van der Waals surface area contributed by atoms with E-state index in [2.05, 4.69) is 15.5 Å². The Balaban J connectivity index is 1.70. The average Bonchev–Trinajstić information content (AvgIpc) is 3.26. The largest absolute Gasteiger partial charge is 0.493 e. The van der Waals surface area contributed by atoms with Gasteiger partial charge in [0.05, 0.1) is 21.3 Å². The van der Waals surface area contributed by atoms with Crippen LogP contribution in [0, 0.1) is 0 Å². The number of rotatable bonds is 7. The Bertz CT molecular complexity index is 883. The lowest BCUT2D eigenvalue weighted by Gasteiger charge is -2.14. The number of carbonyl (C=O) groups is 1. The molecule has 8 heteroatoms. The Morgan fingerprint density at radius 3 is 2.22 bits per heavy atom. The molecule has 3 rings (SSSR count). The lowest BCUT2D eigenvalue weighted by molar-refractivity contribution is 0.0951. The standard InChI is InChI=1S/C19H19N3O5/c1-24-15-8-12(9-16(25-2)17(15)26-3)10-20-18(23)13-4-6-14(7-5-13)19-22-21-11-27-19/h4-9,11H,10H2,1-3H3,(H,20,23). The molecule has 0 saturated carbocycles. The summed E-state index contributed by atoms with van der Waals surface area (Å²) in [5, 5.41) is 10.3. The number of hydrogen-bond donors (Lipinski definition) is 1. The van der Waals surface area contributed by atoms with Gasteiger partial charge in [0.15, 0.2) is 11.5 Å². The molecule has 0 atom stereocenters. The molecule has 0 fully saturated rings. The molecule has 0 spiro atoms. The summed E-state index contributed by atoms with van der Waals surface area (Å²) in [7, 11) is 4.63. The van der Waals surface area contributed by atoms with E-state index in [4.69, 9.17) is 18.6 Å². The van der Waals surface area contributed by atoms with Crippen LogP contribution < -0.4 is 19.5 Å². The van der Waals surface area contributed by atoms with Gasteiger partial charge in [-0.2, -0.15) is 0 Å². The van der Waals surface area contributed by atoms with Crippen LogP contribution in [0.4, 0.5) is 0 Å². The Hall–Kier alpha value is -3.55. The molecule has 27 heavy (non-hydrogen) atoms. The SMILES string of the molecule is COc1cc(CNC(=O)c2ccc(-c3nnco3)cc2)cc(OC)c1OC. The first-order chi connectivity index (χ1) is 13.2. The van der Waals surface area contributed by atoms with Crippen LogP contribution in [0.1, 0.15) is 15.9 Å². The highest BCUT2D eigenvalue weighted by Gasteiger charge is 2.14. The van der Waals surface area contributed by atoms with Gasteiger partial charge in [-0.3, -0.25) is 4.79 Å². The monoisotopic (exact) mass is 369 g/mol. The van der Waals surface area contributed by atoms with Gasteiger partial charge in [0.1, 0.15) is 0 Å². The number of amides is 1. The van der Waals surface area contributed by atoms with Gasteiger partial charge in [0, 0.05) is 17.7 Å². The second-order valence-electron chi connectivity index (χ2n) is 5.54. The molecule has 0 aliphatic rings. The summed E-state index contributed by atoms with van der Waals surface area (Å²) in [6, 6.07) is 10.5. The van der Waals surface area contributed by atoms with Gasteiger partial charge in [0.2, 0.25) is 18.0 Å². The number of hydrogen-bond acceptors (Lipinski definition) is 7. The second kappa shape index (κ2) is 8.22. The summed E-state index contributed by atoms with van der Waals surface area (Å²) in [4.78, 5) is 12.4. The van der Waals surface area contributed by atoms with Gasteiger partial charge in [-0.25, -0.2) is 0 Å².